The number of aromatic nitrogens is 1. The molecule has 1 aromatic rings. The van der Waals surface area contributed by atoms with Gasteiger partial charge in [0.25, 0.3) is 0 Å². The Morgan fingerprint density at radius 1 is 1.88 bits per heavy atom. The molecule has 0 bridgehead atoms. The Kier molecular flexibility index (Phi) is 0.941. The summed E-state index contributed by atoms with van der Waals surface area (Å²) >= 11 is 0. The van der Waals surface area contributed by atoms with Crippen molar-refractivity contribution >= 4 is 0 Å². The van der Waals surface area contributed by atoms with Gasteiger partial charge in [0.1, 0.15) is 6.07 Å². The lowest BCUT2D eigenvalue weighted by molar-refractivity contribution is 1.30. The van der Waals surface area contributed by atoms with E-state index in [4.69, 9.17) is 6.63 Å². The number of hydrogen-bond donors (Lipinski definition) is 0. The Morgan fingerprint density at radius 3 is 3.25 bits per heavy atom. The number of nitriles is 1. The molecule has 38 valence electrons. The van der Waals surface area contributed by atoms with Gasteiger partial charge < -0.3 is 0 Å². The summed E-state index contributed by atoms with van der Waals surface area (Å²) in [6.45, 7) is 0. The average Bonchev–Trinajstić information content (AvgIpc) is 1.89. The summed E-state index contributed by atoms with van der Waals surface area (Å²) in [5, 5.41) is 8.31. The molecule has 1 aromatic heterocycles. The molecule has 0 spiro atoms. The van der Waals surface area contributed by atoms with Gasteiger partial charge in [-0.2, -0.15) is 5.26 Å². The molecule has 0 aliphatic rings. The molecule has 0 fully saturated rings. The van der Waals surface area contributed by atoms with Gasteiger partial charge in [0.2, 0.25) is 0 Å². The van der Waals surface area contributed by atoms with Crippen molar-refractivity contribution in [2.45, 2.75) is 0 Å². The third kappa shape index (κ3) is 0.824. The zero-order chi connectivity index (χ0) is 6.69. The third-order valence-corrected chi connectivity index (χ3v) is 0.729. The fourth-order valence-corrected chi connectivity index (χ4v) is 0.389. The molecule has 8 heavy (non-hydrogen) atoms. The molecule has 0 atom stereocenters. The van der Waals surface area contributed by atoms with E-state index in [0.717, 1.165) is 0 Å². The molecule has 2 heteroatoms. The summed E-state index contributed by atoms with van der Waals surface area (Å²) in [5.74, 6) is 0. The Balaban J connectivity index is 3.20. The maximum Gasteiger partial charge on any atom is 0.101 e. The topological polar surface area (TPSA) is 36.7 Å². The van der Waals surface area contributed by atoms with Crippen molar-refractivity contribution in [3.05, 3.63) is 30.1 Å². The molecule has 1 heterocycles. The summed E-state index contributed by atoms with van der Waals surface area (Å²) < 4.78 is 7.04. The van der Waals surface area contributed by atoms with Crippen LogP contribution in [0.25, 0.3) is 0 Å². The fourth-order valence-electron chi connectivity index (χ4n) is 0.389. The molecule has 0 aromatic carbocycles. The van der Waals surface area contributed by atoms with Crippen LogP contribution in [0.15, 0.2) is 24.5 Å². The van der Waals surface area contributed by atoms with E-state index < -0.39 is 0 Å². The average molecular weight is 105 g/mol. The largest absolute Gasteiger partial charge is 0.263 e. The minimum atomic E-state index is 0.0417. The minimum absolute atomic E-state index is 0.0417. The molecule has 0 amide bonds. The van der Waals surface area contributed by atoms with E-state index in [9.17, 15) is 0 Å². The first-order valence-electron chi connectivity index (χ1n) is 2.66. The highest BCUT2D eigenvalue weighted by Gasteiger charge is 1.80. The molecular weight excluding hydrogens is 100 g/mol. The predicted molar refractivity (Wildman–Crippen MR) is 29.0 cm³/mol. The van der Waals surface area contributed by atoms with Crippen LogP contribution in [0.5, 0.6) is 0 Å². The van der Waals surface area contributed by atoms with Crippen molar-refractivity contribution < 1.29 is 1.37 Å². The van der Waals surface area contributed by atoms with Gasteiger partial charge in [-0.05, 0) is 12.1 Å². The van der Waals surface area contributed by atoms with E-state index in [1.165, 1.54) is 6.20 Å². The first-order valence-corrected chi connectivity index (χ1v) is 2.16. The highest BCUT2D eigenvalue weighted by atomic mass is 14.6. The van der Waals surface area contributed by atoms with Crippen LogP contribution in [0, 0.1) is 11.3 Å². The highest BCUT2D eigenvalue weighted by molar-refractivity contribution is 5.23. The summed E-state index contributed by atoms with van der Waals surface area (Å²) in [6.07, 6.45) is 1.53. The van der Waals surface area contributed by atoms with E-state index >= 15 is 0 Å². The van der Waals surface area contributed by atoms with E-state index in [1.807, 2.05) is 6.07 Å². The fraction of sp³-hybridized carbons (Fsp3) is 0. The van der Waals surface area contributed by atoms with Gasteiger partial charge in [0, 0.05) is 12.4 Å². The molecule has 0 aliphatic carbocycles. The Morgan fingerprint density at radius 2 is 2.75 bits per heavy atom. The summed E-state index contributed by atoms with van der Waals surface area (Å²) in [5.41, 5.74) is 0.317. The Labute approximate surface area is 48.8 Å². The molecule has 0 saturated carbocycles. The van der Waals surface area contributed by atoms with Crippen LogP contribution in [0.1, 0.15) is 6.93 Å². The smallest absolute Gasteiger partial charge is 0.101 e. The van der Waals surface area contributed by atoms with Gasteiger partial charge in [-0.3, -0.25) is 4.98 Å². The normalized spacial score (nSPS) is 9.62. The zero-order valence-corrected chi connectivity index (χ0v) is 4.13. The number of rotatable bonds is 0. The molecule has 0 saturated heterocycles. The lowest BCUT2D eigenvalue weighted by Gasteiger charge is -1.79. The van der Waals surface area contributed by atoms with Crippen LogP contribution in [-0.2, 0) is 0 Å². The van der Waals surface area contributed by atoms with Crippen LogP contribution >= 0.6 is 0 Å². The SMILES string of the molecule is [2H]c1ncccc1C#N. The second-order valence-corrected chi connectivity index (χ2v) is 1.27. The van der Waals surface area contributed by atoms with Gasteiger partial charge in [0.05, 0.1) is 6.93 Å². The standard InChI is InChI=1S/C6H4N2/c7-4-6-2-1-3-8-5-6/h1-3,5H/i5D. The summed E-state index contributed by atoms with van der Waals surface area (Å²) in [4.78, 5) is 3.59. The summed E-state index contributed by atoms with van der Waals surface area (Å²) in [7, 11) is 0. The van der Waals surface area contributed by atoms with Crippen molar-refractivity contribution in [1.82, 2.24) is 4.98 Å². The second-order valence-electron chi connectivity index (χ2n) is 1.27. The lowest BCUT2D eigenvalue weighted by Crippen LogP contribution is -1.72. The number of pyridine rings is 1. The molecule has 0 N–H and O–H groups in total. The van der Waals surface area contributed by atoms with E-state index in [2.05, 4.69) is 4.98 Å². The maximum absolute atomic E-state index is 8.31. The second kappa shape index (κ2) is 2.08. The summed E-state index contributed by atoms with van der Waals surface area (Å²) in [6, 6.07) is 5.05. The van der Waals surface area contributed by atoms with Gasteiger partial charge in [0.15, 0.2) is 0 Å². The minimum Gasteiger partial charge on any atom is -0.263 e. The van der Waals surface area contributed by atoms with Crippen LogP contribution in [0.2, 0.25) is 0 Å². The van der Waals surface area contributed by atoms with Gasteiger partial charge in [-0.25, -0.2) is 0 Å². The van der Waals surface area contributed by atoms with Crippen LogP contribution in [0.3, 0.4) is 0 Å². The van der Waals surface area contributed by atoms with Crippen molar-refractivity contribution in [3.8, 4) is 6.07 Å². The first kappa shape index (κ1) is 3.62. The monoisotopic (exact) mass is 105 g/mol. The first-order chi connectivity index (χ1) is 4.34. The molecular formula is C6H4N2. The van der Waals surface area contributed by atoms with Gasteiger partial charge in [-0.1, -0.05) is 0 Å². The van der Waals surface area contributed by atoms with Gasteiger partial charge in [-0.15, -0.1) is 0 Å². The lowest BCUT2D eigenvalue weighted by atomic mass is 10.3. The highest BCUT2D eigenvalue weighted by Crippen LogP contribution is 1.89. The van der Waals surface area contributed by atoms with E-state index in [1.54, 1.807) is 12.1 Å². The molecule has 0 aliphatic heterocycles. The number of hydrogen-bond acceptors (Lipinski definition) is 2. The van der Waals surface area contributed by atoms with Crippen molar-refractivity contribution in [2.75, 3.05) is 0 Å². The molecule has 0 unspecified atom stereocenters. The number of nitrogens with zero attached hydrogens (tertiary/aromatic N) is 2. The van der Waals surface area contributed by atoms with Crippen LogP contribution in [-0.4, -0.2) is 4.98 Å². The Hall–Kier alpha value is -1.36. The molecule has 2 nitrogen and oxygen atoms in total. The molecule has 0 radical (unpaired) electrons. The van der Waals surface area contributed by atoms with E-state index in [-0.39, 0.29) is 6.17 Å². The zero-order valence-electron chi connectivity index (χ0n) is 5.13. The Bertz CT molecular complexity index is 251. The maximum atomic E-state index is 8.31. The van der Waals surface area contributed by atoms with E-state index in [0.29, 0.717) is 5.56 Å². The van der Waals surface area contributed by atoms with Crippen molar-refractivity contribution in [1.29, 1.82) is 5.26 Å². The van der Waals surface area contributed by atoms with Crippen molar-refractivity contribution in [3.63, 3.8) is 0 Å². The molecule has 1 rings (SSSR count). The van der Waals surface area contributed by atoms with Crippen LogP contribution < -0.4 is 0 Å². The third-order valence-electron chi connectivity index (χ3n) is 0.729. The van der Waals surface area contributed by atoms with Crippen molar-refractivity contribution in [2.24, 2.45) is 0 Å². The van der Waals surface area contributed by atoms with Gasteiger partial charge >= 0.3 is 0 Å². The predicted octanol–water partition coefficient (Wildman–Crippen LogP) is 0.953. The quantitative estimate of drug-likeness (QED) is 0.492. The van der Waals surface area contributed by atoms with Crippen LogP contribution in [0.4, 0.5) is 0 Å².